The Morgan fingerprint density at radius 3 is 1.96 bits per heavy atom. The van der Waals surface area contributed by atoms with Crippen molar-refractivity contribution >= 4 is 23.2 Å². The van der Waals surface area contributed by atoms with Crippen LogP contribution in [0, 0.1) is 0 Å². The zero-order valence-corrected chi connectivity index (χ0v) is 15.4. The fraction of sp³-hybridized carbons (Fsp3) is 0.182. The number of carbonyl (C=O) groups is 2. The van der Waals surface area contributed by atoms with Crippen molar-refractivity contribution < 1.29 is 19.8 Å². The molecule has 0 spiro atoms. The molecule has 4 nitrogen and oxygen atoms in total. The van der Waals surface area contributed by atoms with Crippen LogP contribution in [0.25, 0.3) is 0 Å². The summed E-state index contributed by atoms with van der Waals surface area (Å²) < 4.78 is 0. The van der Waals surface area contributed by atoms with Crippen LogP contribution in [0.2, 0.25) is 5.02 Å². The van der Waals surface area contributed by atoms with Crippen molar-refractivity contribution in [2.45, 2.75) is 25.7 Å². The molecule has 3 rings (SSSR count). The van der Waals surface area contributed by atoms with Crippen molar-refractivity contribution in [1.82, 2.24) is 0 Å². The summed E-state index contributed by atoms with van der Waals surface area (Å²) >= 11 is 6.01. The first kappa shape index (κ1) is 18.9. The van der Waals surface area contributed by atoms with E-state index >= 15 is 0 Å². The number of Topliss-reactive ketones (excluding diaryl/α,β-unsaturated/α-hetero) is 1. The van der Waals surface area contributed by atoms with Gasteiger partial charge in [0.2, 0.25) is 11.6 Å². The summed E-state index contributed by atoms with van der Waals surface area (Å²) in [5.74, 6) is -2.63. The smallest absolute Gasteiger partial charge is 0.227 e. The highest BCUT2D eigenvalue weighted by Crippen LogP contribution is 2.22. The Hall–Kier alpha value is -2.85. The van der Waals surface area contributed by atoms with E-state index in [0.717, 1.165) is 40.6 Å². The number of allylic oxidation sites excluding steroid dienone is 2. The zero-order chi connectivity index (χ0) is 19.4. The maximum atomic E-state index is 12.0. The number of aryl methyl sites for hydroxylation is 3. The Morgan fingerprint density at radius 2 is 1.33 bits per heavy atom. The molecule has 1 aliphatic carbocycles. The van der Waals surface area contributed by atoms with E-state index < -0.39 is 23.1 Å². The van der Waals surface area contributed by atoms with Crippen LogP contribution in [0.4, 0.5) is 0 Å². The van der Waals surface area contributed by atoms with Gasteiger partial charge in [0.15, 0.2) is 11.5 Å². The molecule has 0 fully saturated rings. The van der Waals surface area contributed by atoms with Gasteiger partial charge >= 0.3 is 0 Å². The number of hydrogen-bond acceptors (Lipinski definition) is 4. The lowest BCUT2D eigenvalue weighted by Gasteiger charge is -2.13. The SMILES string of the molecule is O=C1C=C(O)C(=O)C(CCc2cccc(CCc3cccc(Cl)c3)c2)=C1O. The molecular formula is C22H19ClO4. The standard InChI is InChI=1S/C22H19ClO4/c23-17-6-2-5-16(12-17)8-7-14-3-1-4-15(11-14)9-10-18-21(26)19(24)13-20(25)22(18)27/h1-6,11-13,24,27H,7-10H2. The quantitative estimate of drug-likeness (QED) is 0.723. The second-order valence-electron chi connectivity index (χ2n) is 6.50. The minimum atomic E-state index is -0.739. The Kier molecular flexibility index (Phi) is 5.77. The average Bonchev–Trinajstić information content (AvgIpc) is 2.65. The van der Waals surface area contributed by atoms with Crippen LogP contribution in [-0.4, -0.2) is 21.8 Å². The fourth-order valence-corrected chi connectivity index (χ4v) is 3.30. The van der Waals surface area contributed by atoms with Crippen LogP contribution in [0.3, 0.4) is 0 Å². The number of hydrogen-bond donors (Lipinski definition) is 2. The molecule has 2 aromatic rings. The first-order chi connectivity index (χ1) is 12.9. The van der Waals surface area contributed by atoms with E-state index in [-0.39, 0.29) is 12.0 Å². The van der Waals surface area contributed by atoms with Gasteiger partial charge in [-0.3, -0.25) is 9.59 Å². The van der Waals surface area contributed by atoms with Gasteiger partial charge in [0.1, 0.15) is 0 Å². The lowest BCUT2D eigenvalue weighted by Crippen LogP contribution is -2.19. The first-order valence-corrected chi connectivity index (χ1v) is 9.06. The molecule has 0 heterocycles. The molecule has 0 bridgehead atoms. The van der Waals surface area contributed by atoms with Gasteiger partial charge < -0.3 is 10.2 Å². The number of halogens is 1. The third-order valence-electron chi connectivity index (χ3n) is 4.54. The van der Waals surface area contributed by atoms with Gasteiger partial charge in [0.25, 0.3) is 0 Å². The number of aliphatic hydroxyl groups excluding tert-OH is 2. The molecule has 5 heteroatoms. The minimum absolute atomic E-state index is 0.0377. The summed E-state index contributed by atoms with van der Waals surface area (Å²) in [6, 6.07) is 15.7. The van der Waals surface area contributed by atoms with Crippen molar-refractivity contribution in [3.05, 3.63) is 93.4 Å². The van der Waals surface area contributed by atoms with Crippen LogP contribution >= 0.6 is 11.6 Å². The van der Waals surface area contributed by atoms with E-state index in [1.807, 2.05) is 48.5 Å². The second kappa shape index (κ2) is 8.23. The highest BCUT2D eigenvalue weighted by molar-refractivity contribution is 6.30. The maximum Gasteiger partial charge on any atom is 0.227 e. The van der Waals surface area contributed by atoms with E-state index in [1.54, 1.807) is 0 Å². The monoisotopic (exact) mass is 382 g/mol. The van der Waals surface area contributed by atoms with Crippen LogP contribution in [0.5, 0.6) is 0 Å². The van der Waals surface area contributed by atoms with E-state index in [2.05, 4.69) is 0 Å². The van der Waals surface area contributed by atoms with Crippen LogP contribution in [0.15, 0.2) is 71.7 Å². The van der Waals surface area contributed by atoms with Gasteiger partial charge in [0, 0.05) is 16.7 Å². The number of ketones is 2. The predicted molar refractivity (Wildman–Crippen MR) is 104 cm³/mol. The first-order valence-electron chi connectivity index (χ1n) is 8.68. The van der Waals surface area contributed by atoms with Crippen LogP contribution in [-0.2, 0) is 28.9 Å². The van der Waals surface area contributed by atoms with Gasteiger partial charge in [-0.15, -0.1) is 0 Å². The maximum absolute atomic E-state index is 12.0. The molecule has 0 atom stereocenters. The largest absolute Gasteiger partial charge is 0.504 e. The molecule has 138 valence electrons. The number of benzene rings is 2. The Morgan fingerprint density at radius 1 is 0.778 bits per heavy atom. The number of rotatable bonds is 6. The fourth-order valence-electron chi connectivity index (χ4n) is 3.09. The number of aliphatic hydroxyl groups is 2. The Balaban J connectivity index is 1.65. The van der Waals surface area contributed by atoms with E-state index in [4.69, 9.17) is 11.6 Å². The Bertz CT molecular complexity index is 956. The topological polar surface area (TPSA) is 74.6 Å². The average molecular weight is 383 g/mol. The molecule has 0 saturated heterocycles. The molecular weight excluding hydrogens is 364 g/mol. The van der Waals surface area contributed by atoms with Gasteiger partial charge in [-0.25, -0.2) is 0 Å². The molecule has 0 unspecified atom stereocenters. The zero-order valence-electron chi connectivity index (χ0n) is 14.6. The van der Waals surface area contributed by atoms with Crippen molar-refractivity contribution in [3.63, 3.8) is 0 Å². The molecule has 2 aromatic carbocycles. The summed E-state index contributed by atoms with van der Waals surface area (Å²) in [4.78, 5) is 23.5. The number of carbonyl (C=O) groups excluding carboxylic acids is 2. The lowest BCUT2D eigenvalue weighted by molar-refractivity contribution is -0.119. The molecule has 0 saturated carbocycles. The van der Waals surface area contributed by atoms with Gasteiger partial charge in [0.05, 0.1) is 0 Å². The lowest BCUT2D eigenvalue weighted by atomic mass is 9.93. The van der Waals surface area contributed by atoms with Gasteiger partial charge in [-0.05, 0) is 54.5 Å². The summed E-state index contributed by atoms with van der Waals surface area (Å²) in [6.45, 7) is 0. The van der Waals surface area contributed by atoms with E-state index in [0.29, 0.717) is 6.42 Å². The summed E-state index contributed by atoms with van der Waals surface area (Å²) in [5.41, 5.74) is 3.27. The summed E-state index contributed by atoms with van der Waals surface area (Å²) in [6.07, 6.45) is 3.13. The van der Waals surface area contributed by atoms with Crippen molar-refractivity contribution in [2.75, 3.05) is 0 Å². The summed E-state index contributed by atoms with van der Waals surface area (Å²) in [7, 11) is 0. The van der Waals surface area contributed by atoms with Crippen molar-refractivity contribution in [2.24, 2.45) is 0 Å². The third kappa shape index (κ3) is 4.66. The molecule has 1 aliphatic rings. The Labute approximate surface area is 162 Å². The second-order valence-corrected chi connectivity index (χ2v) is 6.94. The molecule has 0 aliphatic heterocycles. The normalized spacial score (nSPS) is 14.5. The predicted octanol–water partition coefficient (Wildman–Crippen LogP) is 4.46. The molecule has 0 aromatic heterocycles. The molecule has 0 amide bonds. The molecule has 27 heavy (non-hydrogen) atoms. The minimum Gasteiger partial charge on any atom is -0.504 e. The highest BCUT2D eigenvalue weighted by Gasteiger charge is 2.27. The third-order valence-corrected chi connectivity index (χ3v) is 4.78. The van der Waals surface area contributed by atoms with Crippen molar-refractivity contribution in [1.29, 1.82) is 0 Å². The molecule has 0 radical (unpaired) electrons. The highest BCUT2D eigenvalue weighted by atomic mass is 35.5. The van der Waals surface area contributed by atoms with E-state index in [1.165, 1.54) is 0 Å². The molecule has 2 N–H and O–H groups in total. The van der Waals surface area contributed by atoms with Crippen LogP contribution < -0.4 is 0 Å². The van der Waals surface area contributed by atoms with E-state index in [9.17, 15) is 19.8 Å². The van der Waals surface area contributed by atoms with Gasteiger partial charge in [-0.1, -0.05) is 48.0 Å². The van der Waals surface area contributed by atoms with Crippen LogP contribution in [0.1, 0.15) is 23.1 Å². The summed E-state index contributed by atoms with van der Waals surface area (Å²) in [5, 5.41) is 20.1. The van der Waals surface area contributed by atoms with Crippen molar-refractivity contribution in [3.8, 4) is 0 Å². The van der Waals surface area contributed by atoms with Gasteiger partial charge in [-0.2, -0.15) is 0 Å².